The van der Waals surface area contributed by atoms with Crippen molar-refractivity contribution in [3.05, 3.63) is 42.5 Å². The third kappa shape index (κ3) is 2.16. The normalized spacial score (nSPS) is 13.8. The van der Waals surface area contributed by atoms with Crippen molar-refractivity contribution in [2.75, 3.05) is 0 Å². The van der Waals surface area contributed by atoms with Gasteiger partial charge in [0.15, 0.2) is 11.5 Å². The van der Waals surface area contributed by atoms with Crippen molar-refractivity contribution >= 4 is 63.5 Å². The number of rotatable bonds is 2. The van der Waals surface area contributed by atoms with Crippen LogP contribution in [0.3, 0.4) is 0 Å². The highest BCUT2D eigenvalue weighted by Gasteiger charge is 2.37. The van der Waals surface area contributed by atoms with Crippen molar-refractivity contribution in [3.63, 3.8) is 0 Å². The highest BCUT2D eigenvalue weighted by atomic mass is 35.5. The average Bonchev–Trinajstić information content (AvgIpc) is 3.10. The maximum absolute atomic E-state index is 12.2. The third-order valence-electron chi connectivity index (χ3n) is 2.61. The van der Waals surface area contributed by atoms with Crippen LogP contribution in [0.4, 0.5) is 0 Å². The van der Waals surface area contributed by atoms with Gasteiger partial charge >= 0.3 is 6.29 Å². The summed E-state index contributed by atoms with van der Waals surface area (Å²) in [6, 6.07) is 3.43. The smallest absolute Gasteiger partial charge is 0.306 e. The molecule has 0 spiro atoms. The second-order valence-electron chi connectivity index (χ2n) is 3.82. The standard InChI is InChI=1S/C12H4Cl4O3S/c13-5-6(14)8(16)11-10(7(5)15)18-12(19-11)9(17)4-2-1-3-20-4/h1-3,12H. The first-order valence-corrected chi connectivity index (χ1v) is 7.67. The van der Waals surface area contributed by atoms with E-state index in [-0.39, 0.29) is 37.4 Å². The molecule has 0 amide bonds. The van der Waals surface area contributed by atoms with Gasteiger partial charge < -0.3 is 9.47 Å². The monoisotopic (exact) mass is 368 g/mol. The van der Waals surface area contributed by atoms with E-state index >= 15 is 0 Å². The van der Waals surface area contributed by atoms with Gasteiger partial charge in [0.2, 0.25) is 0 Å². The van der Waals surface area contributed by atoms with Gasteiger partial charge in [0.05, 0.1) is 14.9 Å². The Balaban J connectivity index is 1.99. The van der Waals surface area contributed by atoms with Crippen molar-refractivity contribution < 1.29 is 14.3 Å². The molecule has 0 saturated carbocycles. The van der Waals surface area contributed by atoms with Crippen LogP contribution in [0.25, 0.3) is 0 Å². The topological polar surface area (TPSA) is 35.5 Å². The van der Waals surface area contributed by atoms with Crippen molar-refractivity contribution in [1.29, 1.82) is 0 Å². The molecular weight excluding hydrogens is 366 g/mol. The van der Waals surface area contributed by atoms with Crippen LogP contribution >= 0.6 is 57.7 Å². The highest BCUT2D eigenvalue weighted by molar-refractivity contribution is 7.12. The minimum absolute atomic E-state index is 0.0601. The Morgan fingerprint density at radius 2 is 1.55 bits per heavy atom. The number of thiophene rings is 1. The lowest BCUT2D eigenvalue weighted by molar-refractivity contribution is 0.0376. The average molecular weight is 370 g/mol. The molecule has 0 atom stereocenters. The van der Waals surface area contributed by atoms with Gasteiger partial charge in [-0.1, -0.05) is 52.5 Å². The van der Waals surface area contributed by atoms with Crippen LogP contribution in [-0.4, -0.2) is 12.1 Å². The molecule has 0 N–H and O–H groups in total. The Morgan fingerprint density at radius 3 is 2.00 bits per heavy atom. The minimum atomic E-state index is -1.15. The fourth-order valence-corrected chi connectivity index (χ4v) is 3.26. The Kier molecular flexibility index (Phi) is 3.77. The summed E-state index contributed by atoms with van der Waals surface area (Å²) in [6.45, 7) is 0. The van der Waals surface area contributed by atoms with E-state index in [1.54, 1.807) is 17.5 Å². The molecule has 0 aliphatic carbocycles. The van der Waals surface area contributed by atoms with Gasteiger partial charge in [-0.2, -0.15) is 0 Å². The van der Waals surface area contributed by atoms with Gasteiger partial charge in [-0.15, -0.1) is 11.3 Å². The number of benzene rings is 1. The molecule has 1 aromatic heterocycles. The summed E-state index contributed by atoms with van der Waals surface area (Å²) in [4.78, 5) is 12.7. The van der Waals surface area contributed by atoms with Crippen LogP contribution in [0.2, 0.25) is 20.1 Å². The molecule has 0 saturated heterocycles. The van der Waals surface area contributed by atoms with E-state index in [0.717, 1.165) is 0 Å². The molecule has 104 valence electrons. The summed E-state index contributed by atoms with van der Waals surface area (Å²) in [7, 11) is 0. The summed E-state index contributed by atoms with van der Waals surface area (Å²) < 4.78 is 10.8. The number of carbonyl (C=O) groups is 1. The van der Waals surface area contributed by atoms with Crippen LogP contribution in [-0.2, 0) is 0 Å². The van der Waals surface area contributed by atoms with E-state index in [1.165, 1.54) is 11.3 Å². The first-order valence-electron chi connectivity index (χ1n) is 5.27. The van der Waals surface area contributed by atoms with Crippen LogP contribution in [0, 0.1) is 0 Å². The summed E-state index contributed by atoms with van der Waals surface area (Å²) in [5.74, 6) is -0.0717. The van der Waals surface area contributed by atoms with E-state index in [2.05, 4.69) is 0 Å². The molecule has 2 aromatic rings. The van der Waals surface area contributed by atoms with Gasteiger partial charge in [0.25, 0.3) is 5.78 Å². The van der Waals surface area contributed by atoms with E-state index in [9.17, 15) is 4.79 Å². The first-order chi connectivity index (χ1) is 9.50. The zero-order valence-electron chi connectivity index (χ0n) is 9.45. The molecule has 3 rings (SSSR count). The van der Waals surface area contributed by atoms with E-state index < -0.39 is 6.29 Å². The van der Waals surface area contributed by atoms with Gasteiger partial charge in [-0.05, 0) is 11.4 Å². The molecule has 1 aromatic carbocycles. The maximum Gasteiger partial charge on any atom is 0.306 e. The van der Waals surface area contributed by atoms with E-state index in [4.69, 9.17) is 55.9 Å². The number of carbonyl (C=O) groups excluding carboxylic acids is 1. The Bertz CT molecular complexity index is 662. The summed E-state index contributed by atoms with van der Waals surface area (Å²) >= 11 is 25.2. The Morgan fingerprint density at radius 1 is 1.00 bits per heavy atom. The largest absolute Gasteiger partial charge is 0.442 e. The number of halogens is 4. The first kappa shape index (κ1) is 14.3. The lowest BCUT2D eigenvalue weighted by Crippen LogP contribution is -2.28. The van der Waals surface area contributed by atoms with E-state index in [1.807, 2.05) is 0 Å². The Labute approximate surface area is 137 Å². The predicted molar refractivity (Wildman–Crippen MR) is 80.2 cm³/mol. The lowest BCUT2D eigenvalue weighted by atomic mass is 10.3. The predicted octanol–water partition coefficient (Wildman–Crippen LogP) is 5.34. The molecular formula is C12H4Cl4O3S. The molecule has 0 fully saturated rings. The minimum Gasteiger partial charge on any atom is -0.442 e. The number of Topliss-reactive ketones (excluding diaryl/α,β-unsaturated/α-hetero) is 1. The Hall–Kier alpha value is -0.650. The van der Waals surface area contributed by atoms with Gasteiger partial charge in [-0.3, -0.25) is 4.79 Å². The van der Waals surface area contributed by atoms with Crippen LogP contribution in [0.1, 0.15) is 9.67 Å². The third-order valence-corrected chi connectivity index (χ3v) is 5.26. The molecule has 1 aliphatic rings. The van der Waals surface area contributed by atoms with Crippen LogP contribution in [0.5, 0.6) is 11.5 Å². The second-order valence-corrected chi connectivity index (χ2v) is 6.28. The van der Waals surface area contributed by atoms with Gasteiger partial charge in [0, 0.05) is 0 Å². The number of fused-ring (bicyclic) bond motifs is 1. The fourth-order valence-electron chi connectivity index (χ4n) is 1.68. The number of ketones is 1. The SMILES string of the molecule is O=C(c1cccs1)C1Oc2c(Cl)c(Cl)c(Cl)c(Cl)c2O1. The van der Waals surface area contributed by atoms with Crippen molar-refractivity contribution in [1.82, 2.24) is 0 Å². The fraction of sp³-hybridized carbons (Fsp3) is 0.0833. The quantitative estimate of drug-likeness (QED) is 0.407. The van der Waals surface area contributed by atoms with E-state index in [0.29, 0.717) is 4.88 Å². The highest BCUT2D eigenvalue weighted by Crippen LogP contribution is 2.53. The van der Waals surface area contributed by atoms with Gasteiger partial charge in [-0.25, -0.2) is 0 Å². The molecule has 1 aliphatic heterocycles. The van der Waals surface area contributed by atoms with Crippen molar-refractivity contribution in [2.45, 2.75) is 6.29 Å². The molecule has 0 bridgehead atoms. The summed E-state index contributed by atoms with van der Waals surface area (Å²) in [5, 5.41) is 2.04. The maximum atomic E-state index is 12.2. The molecule has 8 heteroatoms. The zero-order chi connectivity index (χ0) is 14.4. The number of hydrogen-bond acceptors (Lipinski definition) is 4. The van der Waals surface area contributed by atoms with Crippen molar-refractivity contribution in [2.24, 2.45) is 0 Å². The number of ether oxygens (including phenoxy) is 2. The molecule has 0 radical (unpaired) electrons. The molecule has 3 nitrogen and oxygen atoms in total. The van der Waals surface area contributed by atoms with Crippen LogP contribution < -0.4 is 9.47 Å². The molecule has 20 heavy (non-hydrogen) atoms. The second kappa shape index (κ2) is 5.28. The van der Waals surface area contributed by atoms with Crippen molar-refractivity contribution in [3.8, 4) is 11.5 Å². The van der Waals surface area contributed by atoms with Gasteiger partial charge in [0.1, 0.15) is 10.0 Å². The summed E-state index contributed by atoms with van der Waals surface area (Å²) in [5.41, 5.74) is 0. The molecule has 2 heterocycles. The summed E-state index contributed by atoms with van der Waals surface area (Å²) in [6.07, 6.45) is -1.15. The molecule has 0 unspecified atom stereocenters. The number of hydrogen-bond donors (Lipinski definition) is 0. The zero-order valence-corrected chi connectivity index (χ0v) is 13.3. The van der Waals surface area contributed by atoms with Crippen LogP contribution in [0.15, 0.2) is 17.5 Å². The lowest BCUT2D eigenvalue weighted by Gasteiger charge is -2.07.